The number of hydrogen-bond donors (Lipinski definition) is 1. The molecule has 0 saturated heterocycles. The minimum Gasteiger partial charge on any atom is -0.322 e. The molecule has 2 unspecified atom stereocenters. The van der Waals surface area contributed by atoms with Crippen LogP contribution < -0.4 is 5.73 Å². The van der Waals surface area contributed by atoms with Gasteiger partial charge in [-0.25, -0.2) is 0 Å². The molecule has 0 heterocycles. The van der Waals surface area contributed by atoms with Crippen LogP contribution in [0.2, 0.25) is 0 Å². The number of carbonyl (C=O) groups excluding carboxylic acids is 2. The van der Waals surface area contributed by atoms with Gasteiger partial charge in [-0.15, -0.1) is 0 Å². The molecule has 0 aromatic rings. The zero-order valence-electron chi connectivity index (χ0n) is 12.0. The Balaban J connectivity index is 4.35. The summed E-state index contributed by atoms with van der Waals surface area (Å²) in [5.41, 5.74) is 5.43. The molecule has 2 atom stereocenters. The Morgan fingerprint density at radius 1 is 1.12 bits per heavy atom. The number of Topliss-reactive ketones (excluding diaryl/α,β-unsaturated/α-hetero) is 2. The average molecular weight is 241 g/mol. The number of rotatable bonds is 6. The van der Waals surface area contributed by atoms with E-state index in [-0.39, 0.29) is 29.3 Å². The molecule has 0 aromatic carbocycles. The van der Waals surface area contributed by atoms with Crippen molar-refractivity contribution in [3.63, 3.8) is 0 Å². The largest absolute Gasteiger partial charge is 0.322 e. The Bertz CT molecular complexity index is 276. The first-order valence-electron chi connectivity index (χ1n) is 6.38. The van der Waals surface area contributed by atoms with E-state index in [1.54, 1.807) is 0 Å². The molecule has 0 aliphatic rings. The molecule has 0 radical (unpaired) electrons. The molecule has 0 aliphatic carbocycles. The van der Waals surface area contributed by atoms with Gasteiger partial charge in [0.15, 0.2) is 0 Å². The molecule has 3 heteroatoms. The topological polar surface area (TPSA) is 60.2 Å². The van der Waals surface area contributed by atoms with Crippen molar-refractivity contribution in [2.24, 2.45) is 23.0 Å². The highest BCUT2D eigenvalue weighted by Crippen LogP contribution is 2.22. The second-order valence-corrected chi connectivity index (χ2v) is 6.42. The van der Waals surface area contributed by atoms with Gasteiger partial charge in [-0.3, -0.25) is 9.59 Å². The summed E-state index contributed by atoms with van der Waals surface area (Å²) in [4.78, 5) is 23.8. The van der Waals surface area contributed by atoms with Crippen molar-refractivity contribution in [3.8, 4) is 0 Å². The first kappa shape index (κ1) is 16.3. The summed E-state index contributed by atoms with van der Waals surface area (Å²) >= 11 is 0. The van der Waals surface area contributed by atoms with E-state index in [4.69, 9.17) is 5.73 Å². The molecule has 0 aromatic heterocycles. The highest BCUT2D eigenvalue weighted by atomic mass is 16.1. The molecule has 0 bridgehead atoms. The summed E-state index contributed by atoms with van der Waals surface area (Å²) in [6, 6.07) is -0.426. The fourth-order valence-corrected chi connectivity index (χ4v) is 1.92. The van der Waals surface area contributed by atoms with Crippen molar-refractivity contribution >= 4 is 11.6 Å². The minimum absolute atomic E-state index is 0.00352. The van der Waals surface area contributed by atoms with Crippen molar-refractivity contribution in [1.82, 2.24) is 0 Å². The number of hydrogen-bond acceptors (Lipinski definition) is 3. The molecule has 0 saturated carbocycles. The highest BCUT2D eigenvalue weighted by molar-refractivity contribution is 5.92. The molecule has 17 heavy (non-hydrogen) atoms. The Kier molecular flexibility index (Phi) is 6.03. The van der Waals surface area contributed by atoms with E-state index in [9.17, 15) is 9.59 Å². The molecule has 0 spiro atoms. The summed E-state index contributed by atoms with van der Waals surface area (Å²) in [5, 5.41) is 0. The SMILES string of the molecule is CC(C)CC(N)C(=O)CC(C)C(=O)C(C)(C)C. The fraction of sp³-hybridized carbons (Fsp3) is 0.857. The molecule has 2 N–H and O–H groups in total. The molecule has 0 rings (SSSR count). The molecular weight excluding hydrogens is 214 g/mol. The van der Waals surface area contributed by atoms with Crippen molar-refractivity contribution in [1.29, 1.82) is 0 Å². The van der Waals surface area contributed by atoms with E-state index in [1.165, 1.54) is 0 Å². The van der Waals surface area contributed by atoms with Crippen LogP contribution in [0.3, 0.4) is 0 Å². The molecule has 0 amide bonds. The number of ketones is 2. The van der Waals surface area contributed by atoms with E-state index in [0.717, 1.165) is 0 Å². The Labute approximate surface area is 105 Å². The maximum absolute atomic E-state index is 12.0. The van der Waals surface area contributed by atoms with Gasteiger partial charge in [-0.1, -0.05) is 41.5 Å². The third-order valence-corrected chi connectivity index (χ3v) is 2.83. The van der Waals surface area contributed by atoms with E-state index < -0.39 is 6.04 Å². The summed E-state index contributed by atoms with van der Waals surface area (Å²) < 4.78 is 0. The molecule has 100 valence electrons. The summed E-state index contributed by atoms with van der Waals surface area (Å²) in [7, 11) is 0. The first-order chi connectivity index (χ1) is 7.55. The third kappa shape index (κ3) is 5.97. The van der Waals surface area contributed by atoms with Gasteiger partial charge in [0.05, 0.1) is 6.04 Å². The van der Waals surface area contributed by atoms with E-state index in [2.05, 4.69) is 0 Å². The lowest BCUT2D eigenvalue weighted by Gasteiger charge is -2.22. The van der Waals surface area contributed by atoms with Gasteiger partial charge >= 0.3 is 0 Å². The smallest absolute Gasteiger partial charge is 0.150 e. The fourth-order valence-electron chi connectivity index (χ4n) is 1.92. The first-order valence-corrected chi connectivity index (χ1v) is 6.38. The summed E-state index contributed by atoms with van der Waals surface area (Å²) in [5.74, 6) is 0.301. The van der Waals surface area contributed by atoms with Crippen LogP contribution in [0, 0.1) is 17.3 Å². The van der Waals surface area contributed by atoms with Crippen LogP contribution in [0.5, 0.6) is 0 Å². The third-order valence-electron chi connectivity index (χ3n) is 2.83. The monoisotopic (exact) mass is 241 g/mol. The van der Waals surface area contributed by atoms with Gasteiger partial charge in [-0.2, -0.15) is 0 Å². The molecule has 3 nitrogen and oxygen atoms in total. The second-order valence-electron chi connectivity index (χ2n) is 6.42. The van der Waals surface area contributed by atoms with Crippen LogP contribution in [-0.4, -0.2) is 17.6 Å². The maximum atomic E-state index is 12.0. The van der Waals surface area contributed by atoms with Crippen LogP contribution in [0.25, 0.3) is 0 Å². The number of carbonyl (C=O) groups is 2. The predicted octanol–water partition coefficient (Wildman–Crippen LogP) is 2.57. The standard InChI is InChI=1S/C14H27NO2/c1-9(2)7-11(15)12(16)8-10(3)13(17)14(4,5)6/h9-11H,7-8,15H2,1-6H3. The Morgan fingerprint density at radius 2 is 1.59 bits per heavy atom. The van der Waals surface area contributed by atoms with Gasteiger partial charge in [-0.05, 0) is 12.3 Å². The summed E-state index contributed by atoms with van der Waals surface area (Å²) in [6.45, 7) is 11.5. The normalized spacial score (nSPS) is 15.8. The maximum Gasteiger partial charge on any atom is 0.150 e. The highest BCUT2D eigenvalue weighted by Gasteiger charge is 2.29. The van der Waals surface area contributed by atoms with Gasteiger partial charge < -0.3 is 5.73 Å². The lowest BCUT2D eigenvalue weighted by molar-refractivity contribution is -0.133. The molecule has 0 aliphatic heterocycles. The van der Waals surface area contributed by atoms with Crippen LogP contribution in [0.1, 0.15) is 54.4 Å². The number of nitrogens with two attached hydrogens (primary N) is 1. The van der Waals surface area contributed by atoms with Crippen molar-refractivity contribution in [2.75, 3.05) is 0 Å². The second kappa shape index (κ2) is 6.29. The van der Waals surface area contributed by atoms with Crippen LogP contribution in [-0.2, 0) is 9.59 Å². The van der Waals surface area contributed by atoms with Gasteiger partial charge in [0, 0.05) is 17.8 Å². The van der Waals surface area contributed by atoms with Crippen LogP contribution >= 0.6 is 0 Å². The van der Waals surface area contributed by atoms with Crippen molar-refractivity contribution in [3.05, 3.63) is 0 Å². The van der Waals surface area contributed by atoms with Crippen LogP contribution in [0.15, 0.2) is 0 Å². The predicted molar refractivity (Wildman–Crippen MR) is 70.7 cm³/mol. The Hall–Kier alpha value is -0.700. The van der Waals surface area contributed by atoms with Crippen molar-refractivity contribution < 1.29 is 9.59 Å². The van der Waals surface area contributed by atoms with E-state index in [1.807, 2.05) is 41.5 Å². The Morgan fingerprint density at radius 3 is 1.94 bits per heavy atom. The van der Waals surface area contributed by atoms with Gasteiger partial charge in [0.25, 0.3) is 0 Å². The quantitative estimate of drug-likeness (QED) is 0.777. The van der Waals surface area contributed by atoms with E-state index in [0.29, 0.717) is 12.3 Å². The lowest BCUT2D eigenvalue weighted by Crippen LogP contribution is -2.36. The zero-order valence-corrected chi connectivity index (χ0v) is 12.0. The zero-order chi connectivity index (χ0) is 13.8. The summed E-state index contributed by atoms with van der Waals surface area (Å²) in [6.07, 6.45) is 0.958. The van der Waals surface area contributed by atoms with E-state index >= 15 is 0 Å². The minimum atomic E-state index is -0.426. The van der Waals surface area contributed by atoms with Gasteiger partial charge in [0.2, 0.25) is 0 Å². The molecule has 0 fully saturated rings. The lowest BCUT2D eigenvalue weighted by atomic mass is 9.81. The molecular formula is C14H27NO2. The average Bonchev–Trinajstić information content (AvgIpc) is 2.13. The van der Waals surface area contributed by atoms with Crippen LogP contribution in [0.4, 0.5) is 0 Å². The van der Waals surface area contributed by atoms with Crippen molar-refractivity contribution in [2.45, 2.75) is 60.4 Å². The van der Waals surface area contributed by atoms with Gasteiger partial charge in [0.1, 0.15) is 11.6 Å².